The molecule has 34 heavy (non-hydrogen) atoms. The molecule has 2 aromatic rings. The van der Waals surface area contributed by atoms with Gasteiger partial charge in [0.05, 0.1) is 31.5 Å². The van der Waals surface area contributed by atoms with Crippen LogP contribution in [0.25, 0.3) is 0 Å². The molecule has 1 saturated heterocycles. The molecule has 1 aliphatic heterocycles. The van der Waals surface area contributed by atoms with Gasteiger partial charge in [0.15, 0.2) is 0 Å². The van der Waals surface area contributed by atoms with Gasteiger partial charge in [-0.2, -0.15) is 0 Å². The first-order valence-corrected chi connectivity index (χ1v) is 12.5. The Morgan fingerprint density at radius 1 is 1.03 bits per heavy atom. The average Bonchev–Trinajstić information content (AvgIpc) is 2.81. The van der Waals surface area contributed by atoms with Crippen molar-refractivity contribution < 1.29 is 25.2 Å². The maximum Gasteiger partial charge on any atom is 0.109 e. The predicted octanol–water partition coefficient (Wildman–Crippen LogP) is 2.77. The fraction of sp³-hybridized carbons (Fsp3) is 0.571. The van der Waals surface area contributed by atoms with Gasteiger partial charge in [0.25, 0.3) is 0 Å². The van der Waals surface area contributed by atoms with Crippen molar-refractivity contribution in [1.29, 1.82) is 0 Å². The second-order valence-corrected chi connectivity index (χ2v) is 9.80. The van der Waals surface area contributed by atoms with Gasteiger partial charge >= 0.3 is 0 Å². The molecule has 1 fully saturated rings. The standard InChI is InChI=1S/C28H41NO5/c1-20-7-12-23(28-27(33)16-25(31)19-34-28)15-24(20)14-22-10-8-21(9-11-22)6-4-3-5-13-29(2)17-26(32)18-30/h7-12,15,25-28,30-33H,3-6,13-14,16-19H2,1-2H3/t25?,26?,27?,28-/m0/s1. The number of hydrogen-bond donors (Lipinski definition) is 4. The highest BCUT2D eigenvalue weighted by Gasteiger charge is 2.30. The zero-order valence-corrected chi connectivity index (χ0v) is 20.6. The van der Waals surface area contributed by atoms with E-state index in [1.807, 2.05) is 13.1 Å². The molecule has 4 N–H and O–H groups in total. The molecule has 2 aromatic carbocycles. The molecule has 4 atom stereocenters. The number of aryl methyl sites for hydroxylation is 2. The van der Waals surface area contributed by atoms with Crippen LogP contribution >= 0.6 is 0 Å². The first-order valence-electron chi connectivity index (χ1n) is 12.5. The minimum absolute atomic E-state index is 0.186. The van der Waals surface area contributed by atoms with Gasteiger partial charge in [-0.1, -0.05) is 48.9 Å². The van der Waals surface area contributed by atoms with E-state index in [2.05, 4.69) is 48.2 Å². The molecule has 0 spiro atoms. The number of rotatable bonds is 12. The lowest BCUT2D eigenvalue weighted by Crippen LogP contribution is -2.35. The van der Waals surface area contributed by atoms with Gasteiger partial charge in [0.1, 0.15) is 6.10 Å². The van der Waals surface area contributed by atoms with Crippen LogP contribution in [-0.4, -0.2) is 77.0 Å². The highest BCUT2D eigenvalue weighted by molar-refractivity contribution is 5.37. The summed E-state index contributed by atoms with van der Waals surface area (Å²) < 4.78 is 5.72. The van der Waals surface area contributed by atoms with Crippen LogP contribution in [0.4, 0.5) is 0 Å². The second-order valence-electron chi connectivity index (χ2n) is 9.80. The van der Waals surface area contributed by atoms with Crippen LogP contribution in [0.15, 0.2) is 42.5 Å². The minimum atomic E-state index is -0.689. The van der Waals surface area contributed by atoms with Gasteiger partial charge in [0, 0.05) is 13.0 Å². The molecular formula is C28H41NO5. The van der Waals surface area contributed by atoms with Crippen LogP contribution < -0.4 is 0 Å². The first kappa shape index (κ1) is 26.8. The molecule has 0 amide bonds. The van der Waals surface area contributed by atoms with E-state index in [1.165, 1.54) is 22.3 Å². The van der Waals surface area contributed by atoms with E-state index in [9.17, 15) is 15.3 Å². The van der Waals surface area contributed by atoms with Crippen molar-refractivity contribution in [3.05, 3.63) is 70.3 Å². The summed E-state index contributed by atoms with van der Waals surface area (Å²) in [6.45, 7) is 3.62. The maximum absolute atomic E-state index is 10.3. The third-order valence-corrected chi connectivity index (χ3v) is 6.69. The van der Waals surface area contributed by atoms with Crippen LogP contribution in [0, 0.1) is 6.92 Å². The van der Waals surface area contributed by atoms with Gasteiger partial charge in [0.2, 0.25) is 0 Å². The molecular weight excluding hydrogens is 430 g/mol. The molecule has 6 heteroatoms. The number of ether oxygens (including phenoxy) is 1. The van der Waals surface area contributed by atoms with Crippen molar-refractivity contribution >= 4 is 0 Å². The summed E-state index contributed by atoms with van der Waals surface area (Å²) in [6, 6.07) is 15.1. The van der Waals surface area contributed by atoms with Gasteiger partial charge < -0.3 is 30.1 Å². The highest BCUT2D eigenvalue weighted by Crippen LogP contribution is 2.30. The summed E-state index contributed by atoms with van der Waals surface area (Å²) in [7, 11) is 1.98. The lowest BCUT2D eigenvalue weighted by molar-refractivity contribution is -0.125. The second kappa shape index (κ2) is 13.3. The van der Waals surface area contributed by atoms with Crippen molar-refractivity contribution in [2.75, 3.05) is 33.4 Å². The van der Waals surface area contributed by atoms with Crippen LogP contribution in [0.3, 0.4) is 0 Å². The summed E-state index contributed by atoms with van der Waals surface area (Å²) in [5, 5.41) is 38.4. The Morgan fingerprint density at radius 2 is 1.76 bits per heavy atom. The zero-order valence-electron chi connectivity index (χ0n) is 20.6. The Kier molecular flexibility index (Phi) is 10.5. The molecule has 0 aliphatic carbocycles. The zero-order chi connectivity index (χ0) is 24.5. The number of likely N-dealkylation sites (N-methyl/N-ethyl adjacent to an activating group) is 1. The summed E-state index contributed by atoms with van der Waals surface area (Å²) in [4.78, 5) is 2.07. The van der Waals surface area contributed by atoms with E-state index in [1.54, 1.807) is 0 Å². The molecule has 1 aliphatic rings. The van der Waals surface area contributed by atoms with Crippen molar-refractivity contribution in [3.63, 3.8) is 0 Å². The maximum atomic E-state index is 10.3. The van der Waals surface area contributed by atoms with Gasteiger partial charge in [-0.15, -0.1) is 0 Å². The minimum Gasteiger partial charge on any atom is -0.394 e. The number of nitrogens with zero attached hydrogens (tertiary/aromatic N) is 1. The SMILES string of the molecule is Cc1ccc([C@@H]2OCC(O)CC2O)cc1Cc1ccc(CCCCCN(C)CC(O)CO)cc1. The third-order valence-electron chi connectivity index (χ3n) is 6.69. The van der Waals surface area contributed by atoms with E-state index < -0.39 is 18.3 Å². The Balaban J connectivity index is 1.47. The molecule has 0 saturated carbocycles. The van der Waals surface area contributed by atoms with E-state index in [4.69, 9.17) is 9.84 Å². The fourth-order valence-electron chi connectivity index (χ4n) is 4.61. The highest BCUT2D eigenvalue weighted by atomic mass is 16.5. The van der Waals surface area contributed by atoms with Crippen LogP contribution in [0.2, 0.25) is 0 Å². The van der Waals surface area contributed by atoms with Crippen molar-refractivity contribution in [1.82, 2.24) is 4.90 Å². The topological polar surface area (TPSA) is 93.4 Å². The summed E-state index contributed by atoms with van der Waals surface area (Å²) >= 11 is 0. The Hall–Kier alpha value is -1.80. The number of hydrogen-bond acceptors (Lipinski definition) is 6. The quantitative estimate of drug-likeness (QED) is 0.356. The smallest absolute Gasteiger partial charge is 0.109 e. The average molecular weight is 472 g/mol. The van der Waals surface area contributed by atoms with Gasteiger partial charge in [-0.3, -0.25) is 0 Å². The monoisotopic (exact) mass is 471 g/mol. The van der Waals surface area contributed by atoms with Crippen LogP contribution in [0.5, 0.6) is 0 Å². The Morgan fingerprint density at radius 3 is 2.47 bits per heavy atom. The van der Waals surface area contributed by atoms with E-state index in [-0.39, 0.29) is 19.3 Å². The summed E-state index contributed by atoms with van der Waals surface area (Å²) in [5.41, 5.74) is 6.01. The molecule has 3 unspecified atom stereocenters. The van der Waals surface area contributed by atoms with Crippen molar-refractivity contribution in [3.8, 4) is 0 Å². The molecule has 0 radical (unpaired) electrons. The van der Waals surface area contributed by atoms with Crippen LogP contribution in [0.1, 0.15) is 59.6 Å². The largest absolute Gasteiger partial charge is 0.394 e. The van der Waals surface area contributed by atoms with E-state index in [0.29, 0.717) is 13.0 Å². The van der Waals surface area contributed by atoms with Crippen molar-refractivity contribution in [2.24, 2.45) is 0 Å². The summed E-state index contributed by atoms with van der Waals surface area (Å²) in [6.07, 6.45) is 3.26. The lowest BCUT2D eigenvalue weighted by atomic mass is 9.92. The normalized spacial score (nSPS) is 21.7. The van der Waals surface area contributed by atoms with E-state index >= 15 is 0 Å². The molecule has 3 rings (SSSR count). The molecule has 0 aromatic heterocycles. The number of unbranched alkanes of at least 4 members (excludes halogenated alkanes) is 2. The van der Waals surface area contributed by atoms with Crippen molar-refractivity contribution in [2.45, 2.75) is 69.9 Å². The van der Waals surface area contributed by atoms with Gasteiger partial charge in [-0.05, 0) is 74.0 Å². The van der Waals surface area contributed by atoms with E-state index in [0.717, 1.165) is 44.2 Å². The number of aliphatic hydroxyl groups excluding tert-OH is 4. The fourth-order valence-corrected chi connectivity index (χ4v) is 4.61. The van der Waals surface area contributed by atoms with Gasteiger partial charge in [-0.25, -0.2) is 0 Å². The lowest BCUT2D eigenvalue weighted by Gasteiger charge is -2.31. The Labute approximate surface area is 203 Å². The van der Waals surface area contributed by atoms with Crippen LogP contribution in [-0.2, 0) is 17.6 Å². The molecule has 1 heterocycles. The first-order chi connectivity index (χ1) is 16.4. The summed E-state index contributed by atoms with van der Waals surface area (Å²) in [5.74, 6) is 0. The third kappa shape index (κ3) is 8.15. The number of aliphatic hydroxyl groups is 4. The molecule has 6 nitrogen and oxygen atoms in total. The molecule has 0 bridgehead atoms. The Bertz CT molecular complexity index is 872. The number of benzene rings is 2. The predicted molar refractivity (Wildman–Crippen MR) is 134 cm³/mol. The molecule has 188 valence electrons.